The van der Waals surface area contributed by atoms with Gasteiger partial charge in [0.25, 0.3) is 5.91 Å². The van der Waals surface area contributed by atoms with Crippen LogP contribution in [0.3, 0.4) is 0 Å². The highest BCUT2D eigenvalue weighted by atomic mass is 32.2. The van der Waals surface area contributed by atoms with Gasteiger partial charge in [-0.2, -0.15) is 0 Å². The lowest BCUT2D eigenvalue weighted by atomic mass is 10.1. The second-order valence-corrected chi connectivity index (χ2v) is 10.6. The maximum Gasteiger partial charge on any atom is 0.256 e. The molecule has 7 nitrogen and oxygen atoms in total. The first-order valence-corrected chi connectivity index (χ1v) is 14.2. The monoisotopic (exact) mass is 539 g/mol. The third kappa shape index (κ3) is 9.82. The largest absolute Gasteiger partial charge is 0.332 e. The quantitative estimate of drug-likeness (QED) is 0.300. The van der Waals surface area contributed by atoms with E-state index in [1.54, 1.807) is 12.1 Å². The summed E-state index contributed by atoms with van der Waals surface area (Å²) in [6.07, 6.45) is 7.27. The minimum absolute atomic E-state index is 0.189. The third-order valence-electron chi connectivity index (χ3n) is 6.48. The number of carbonyl (C=O) groups excluding carboxylic acids is 4. The summed E-state index contributed by atoms with van der Waals surface area (Å²) in [4.78, 5) is 51.7. The maximum absolute atomic E-state index is 13.2. The molecule has 1 saturated heterocycles. The Bertz CT molecular complexity index is 1020. The normalized spacial score (nSPS) is 14.1. The molecular weight excluding hydrogens is 498 g/mol. The van der Waals surface area contributed by atoms with Crippen LogP contribution in [0.25, 0.3) is 0 Å². The Balaban J connectivity index is 0.00000161. The molecule has 206 valence electrons. The summed E-state index contributed by atoms with van der Waals surface area (Å²) in [7, 11) is 5.29. The van der Waals surface area contributed by atoms with Crippen LogP contribution in [0.4, 0.5) is 0 Å². The lowest BCUT2D eigenvalue weighted by molar-refractivity contribution is -0.112. The second kappa shape index (κ2) is 17.7. The first-order chi connectivity index (χ1) is 18.5. The van der Waals surface area contributed by atoms with Crippen LogP contribution in [0.1, 0.15) is 63.9 Å². The Morgan fingerprint density at radius 1 is 1.03 bits per heavy atom. The Morgan fingerprint density at radius 2 is 1.68 bits per heavy atom. The molecule has 0 aromatic heterocycles. The van der Waals surface area contributed by atoms with Gasteiger partial charge in [0.15, 0.2) is 6.29 Å². The molecule has 1 unspecified atom stereocenters. The van der Waals surface area contributed by atoms with Gasteiger partial charge in [-0.1, -0.05) is 42.8 Å². The number of likely N-dealkylation sites (N-methyl/N-ethyl adjacent to an activating group) is 1. The third-order valence-corrected chi connectivity index (χ3v) is 7.54. The van der Waals surface area contributed by atoms with Gasteiger partial charge < -0.3 is 19.8 Å². The minimum atomic E-state index is -0.714. The molecule has 1 atom stereocenters. The van der Waals surface area contributed by atoms with E-state index in [0.29, 0.717) is 28.6 Å². The molecule has 8 heteroatoms. The molecule has 1 aliphatic heterocycles. The summed E-state index contributed by atoms with van der Waals surface area (Å²) in [5.41, 5.74) is 3.17. The molecule has 2 aromatic carbocycles. The van der Waals surface area contributed by atoms with E-state index in [1.807, 2.05) is 20.2 Å². The Morgan fingerprint density at radius 3 is 2.29 bits per heavy atom. The van der Waals surface area contributed by atoms with Crippen molar-refractivity contribution in [2.24, 2.45) is 0 Å². The number of aryl methyl sites for hydroxylation is 1. The summed E-state index contributed by atoms with van der Waals surface area (Å²) in [5.74, 6) is 0.361. The molecule has 1 N–H and O–H groups in total. The zero-order valence-electron chi connectivity index (χ0n) is 22.9. The van der Waals surface area contributed by atoms with Crippen molar-refractivity contribution in [2.45, 2.75) is 56.0 Å². The van der Waals surface area contributed by atoms with Gasteiger partial charge in [-0.05, 0) is 70.1 Å². The molecule has 0 radical (unpaired) electrons. The molecule has 0 aliphatic carbocycles. The highest BCUT2D eigenvalue weighted by Crippen LogP contribution is 2.28. The lowest BCUT2D eigenvalue weighted by Crippen LogP contribution is -2.39. The van der Waals surface area contributed by atoms with E-state index in [0.717, 1.165) is 25.0 Å². The number of benzene rings is 2. The van der Waals surface area contributed by atoms with Crippen LogP contribution in [0.2, 0.25) is 0 Å². The number of piperidine rings is 1. The summed E-state index contributed by atoms with van der Waals surface area (Å²) in [6.45, 7) is 3.36. The first kappa shape index (κ1) is 31.4. The van der Waals surface area contributed by atoms with Gasteiger partial charge in [-0.25, -0.2) is 0 Å². The predicted octanol–water partition coefficient (Wildman–Crippen LogP) is 4.27. The van der Waals surface area contributed by atoms with E-state index in [9.17, 15) is 19.2 Å². The number of rotatable bonds is 13. The number of amides is 1. The van der Waals surface area contributed by atoms with Gasteiger partial charge in [0, 0.05) is 36.2 Å². The van der Waals surface area contributed by atoms with E-state index >= 15 is 0 Å². The highest BCUT2D eigenvalue weighted by Gasteiger charge is 2.25. The molecule has 3 rings (SSSR count). The molecule has 38 heavy (non-hydrogen) atoms. The van der Waals surface area contributed by atoms with Crippen molar-refractivity contribution < 1.29 is 19.2 Å². The van der Waals surface area contributed by atoms with E-state index < -0.39 is 6.04 Å². The molecule has 2 aromatic rings. The average Bonchev–Trinajstić information content (AvgIpc) is 2.94. The van der Waals surface area contributed by atoms with Crippen molar-refractivity contribution in [3.05, 3.63) is 64.7 Å². The summed E-state index contributed by atoms with van der Waals surface area (Å²) >= 11 is 1.53. The zero-order chi connectivity index (χ0) is 27.8. The Labute approximate surface area is 231 Å². The van der Waals surface area contributed by atoms with Crippen molar-refractivity contribution in [3.8, 4) is 0 Å². The lowest BCUT2D eigenvalue weighted by Gasteiger charge is -2.26. The van der Waals surface area contributed by atoms with E-state index in [1.165, 1.54) is 67.2 Å². The smallest absolute Gasteiger partial charge is 0.256 e. The summed E-state index contributed by atoms with van der Waals surface area (Å²) in [5, 5.41) is 2.75. The highest BCUT2D eigenvalue weighted by molar-refractivity contribution is 7.99. The Hall–Kier alpha value is -2.81. The van der Waals surface area contributed by atoms with Crippen molar-refractivity contribution >= 4 is 36.5 Å². The molecule has 1 fully saturated rings. The van der Waals surface area contributed by atoms with Crippen LogP contribution in [0.5, 0.6) is 0 Å². The summed E-state index contributed by atoms with van der Waals surface area (Å²) < 4.78 is 0. The zero-order valence-corrected chi connectivity index (χ0v) is 23.7. The van der Waals surface area contributed by atoms with Gasteiger partial charge in [0.2, 0.25) is 0 Å². The molecular formula is C30H41N3O4S. The van der Waals surface area contributed by atoms with Crippen LogP contribution < -0.4 is 5.32 Å². The fourth-order valence-electron chi connectivity index (χ4n) is 4.38. The van der Waals surface area contributed by atoms with Crippen molar-refractivity contribution in [2.75, 3.05) is 40.0 Å². The van der Waals surface area contributed by atoms with Crippen LogP contribution in [0, 0.1) is 0 Å². The average molecular weight is 540 g/mol. The number of hydrogen-bond acceptors (Lipinski definition) is 7. The van der Waals surface area contributed by atoms with E-state index in [-0.39, 0.29) is 18.7 Å². The minimum Gasteiger partial charge on any atom is -0.332 e. The van der Waals surface area contributed by atoms with Gasteiger partial charge in [0.05, 0.1) is 11.6 Å². The number of thioether (sulfide) groups is 1. The molecule has 1 aliphatic rings. The van der Waals surface area contributed by atoms with E-state index in [4.69, 9.17) is 0 Å². The van der Waals surface area contributed by atoms with Crippen molar-refractivity contribution in [1.29, 1.82) is 0 Å². The standard InChI is InChI=1S/C28H34N2O4S.C2H7N/c1-29(25(21-33)8-6-17-31)28(34)27-24(20-32)7-5-9-26(27)35-18-14-22-10-12-23(13-11-22)19-30-15-3-2-4-16-30;1-3-2/h5,7,9-13,17,20-21,25H,2-4,6,8,14-16,18-19H2,1H3;3H,1-2H3. The predicted molar refractivity (Wildman–Crippen MR) is 154 cm³/mol. The van der Waals surface area contributed by atoms with Gasteiger partial charge in [-0.15, -0.1) is 11.8 Å². The number of nitrogens with one attached hydrogen (secondary N) is 1. The molecule has 1 heterocycles. The summed E-state index contributed by atoms with van der Waals surface area (Å²) in [6, 6.07) is 13.2. The number of carbonyl (C=O) groups is 4. The van der Waals surface area contributed by atoms with Gasteiger partial charge >= 0.3 is 0 Å². The maximum atomic E-state index is 13.2. The van der Waals surface area contributed by atoms with E-state index in [2.05, 4.69) is 34.5 Å². The van der Waals surface area contributed by atoms with Crippen LogP contribution >= 0.6 is 11.8 Å². The van der Waals surface area contributed by atoms with Crippen molar-refractivity contribution in [1.82, 2.24) is 15.1 Å². The number of hydrogen-bond donors (Lipinski definition) is 1. The van der Waals surface area contributed by atoms with Crippen molar-refractivity contribution in [3.63, 3.8) is 0 Å². The SMILES string of the molecule is CN(C(=O)c1c(C=O)cccc1SCCc1ccc(CN2CCCCC2)cc1)C(C=O)CCC=O.CNC. The molecule has 0 saturated carbocycles. The number of aldehydes is 3. The number of nitrogens with zero attached hydrogens (tertiary/aromatic N) is 2. The fourth-order valence-corrected chi connectivity index (χ4v) is 5.46. The Kier molecular flexibility index (Phi) is 14.6. The van der Waals surface area contributed by atoms with Gasteiger partial charge in [-0.3, -0.25) is 14.5 Å². The molecule has 0 bridgehead atoms. The fraction of sp³-hybridized carbons (Fsp3) is 0.467. The van der Waals surface area contributed by atoms with Crippen LogP contribution in [0.15, 0.2) is 47.4 Å². The number of likely N-dealkylation sites (tertiary alicyclic amines) is 1. The molecule has 0 spiro atoms. The van der Waals surface area contributed by atoms with Crippen LogP contribution in [-0.4, -0.2) is 80.6 Å². The van der Waals surface area contributed by atoms with Crippen LogP contribution in [-0.2, 0) is 22.6 Å². The topological polar surface area (TPSA) is 86.8 Å². The first-order valence-electron chi connectivity index (χ1n) is 13.2. The second-order valence-electron chi connectivity index (χ2n) is 9.45. The van der Waals surface area contributed by atoms with Gasteiger partial charge in [0.1, 0.15) is 12.6 Å². The molecule has 1 amide bonds.